The molecule has 3 aromatic rings. The Balaban J connectivity index is 1.62. The van der Waals surface area contributed by atoms with Crippen LogP contribution >= 0.6 is 23.1 Å². The van der Waals surface area contributed by atoms with E-state index in [-0.39, 0.29) is 23.3 Å². The Kier molecular flexibility index (Phi) is 5.15. The summed E-state index contributed by atoms with van der Waals surface area (Å²) in [5, 5.41) is 4.18. The Bertz CT molecular complexity index is 1040. The zero-order chi connectivity index (χ0) is 19.7. The molecule has 4 rings (SSSR count). The zero-order valence-electron chi connectivity index (χ0n) is 14.4. The molecule has 2 aromatic carbocycles. The second-order valence-electron chi connectivity index (χ2n) is 6.08. The molecule has 28 heavy (non-hydrogen) atoms. The standard InChI is InChI=1S/C20H14F2N2O2S2/c21-13-6-7-16(15(22)10-13)24-18(25)11-28-20(24)12-3-1-4-14(9-12)23-19(26)17-5-2-8-27-17/h1-10,20H,11H2,(H,23,26). The van der Waals surface area contributed by atoms with Gasteiger partial charge >= 0.3 is 0 Å². The van der Waals surface area contributed by atoms with E-state index < -0.39 is 17.0 Å². The molecule has 1 saturated heterocycles. The van der Waals surface area contributed by atoms with Crippen LogP contribution in [0.5, 0.6) is 0 Å². The van der Waals surface area contributed by atoms with E-state index >= 15 is 0 Å². The molecule has 142 valence electrons. The summed E-state index contributed by atoms with van der Waals surface area (Å²) in [6.45, 7) is 0. The van der Waals surface area contributed by atoms with Gasteiger partial charge in [-0.1, -0.05) is 18.2 Å². The number of anilines is 2. The van der Waals surface area contributed by atoms with Gasteiger partial charge in [-0.2, -0.15) is 0 Å². The molecule has 2 heterocycles. The number of hydrogen-bond acceptors (Lipinski definition) is 4. The van der Waals surface area contributed by atoms with Crippen molar-refractivity contribution in [3.05, 3.63) is 82.1 Å². The van der Waals surface area contributed by atoms with Crippen LogP contribution in [0.15, 0.2) is 60.0 Å². The zero-order valence-corrected chi connectivity index (χ0v) is 16.0. The van der Waals surface area contributed by atoms with Crippen LogP contribution in [-0.4, -0.2) is 17.6 Å². The lowest BCUT2D eigenvalue weighted by molar-refractivity contribution is -0.115. The van der Waals surface area contributed by atoms with Crippen LogP contribution in [0.4, 0.5) is 20.2 Å². The van der Waals surface area contributed by atoms with Gasteiger partial charge in [-0.05, 0) is 41.3 Å². The Labute approximate surface area is 168 Å². The Morgan fingerprint density at radius 1 is 1.11 bits per heavy atom. The van der Waals surface area contributed by atoms with Gasteiger partial charge in [0.2, 0.25) is 5.91 Å². The molecule has 0 bridgehead atoms. The third-order valence-electron chi connectivity index (χ3n) is 4.21. The number of amides is 2. The highest BCUT2D eigenvalue weighted by Gasteiger charge is 2.35. The molecule has 0 spiro atoms. The predicted octanol–water partition coefficient (Wildman–Crippen LogP) is 5.06. The molecule has 0 aliphatic carbocycles. The van der Waals surface area contributed by atoms with Crippen molar-refractivity contribution in [1.82, 2.24) is 0 Å². The number of thioether (sulfide) groups is 1. The van der Waals surface area contributed by atoms with Gasteiger partial charge in [0.15, 0.2) is 0 Å². The first-order chi connectivity index (χ1) is 13.5. The quantitative estimate of drug-likeness (QED) is 0.647. The topological polar surface area (TPSA) is 49.4 Å². The summed E-state index contributed by atoms with van der Waals surface area (Å²) < 4.78 is 27.5. The molecule has 1 aliphatic rings. The third-order valence-corrected chi connectivity index (χ3v) is 6.29. The Morgan fingerprint density at radius 3 is 2.71 bits per heavy atom. The van der Waals surface area contributed by atoms with E-state index in [4.69, 9.17) is 0 Å². The van der Waals surface area contributed by atoms with Crippen LogP contribution in [-0.2, 0) is 4.79 Å². The monoisotopic (exact) mass is 416 g/mol. The van der Waals surface area contributed by atoms with Gasteiger partial charge in [-0.25, -0.2) is 8.78 Å². The van der Waals surface area contributed by atoms with E-state index in [9.17, 15) is 18.4 Å². The molecular weight excluding hydrogens is 402 g/mol. The maximum absolute atomic E-state index is 14.3. The number of carbonyl (C=O) groups is 2. The predicted molar refractivity (Wildman–Crippen MR) is 108 cm³/mol. The van der Waals surface area contributed by atoms with Gasteiger partial charge in [-0.3, -0.25) is 14.5 Å². The van der Waals surface area contributed by atoms with Crippen molar-refractivity contribution in [1.29, 1.82) is 0 Å². The smallest absolute Gasteiger partial charge is 0.265 e. The van der Waals surface area contributed by atoms with Crippen molar-refractivity contribution < 1.29 is 18.4 Å². The maximum atomic E-state index is 14.3. The van der Waals surface area contributed by atoms with Crippen LogP contribution in [0.3, 0.4) is 0 Å². The fourth-order valence-corrected chi connectivity index (χ4v) is 4.76. The highest BCUT2D eigenvalue weighted by molar-refractivity contribution is 8.00. The molecule has 1 unspecified atom stereocenters. The summed E-state index contributed by atoms with van der Waals surface area (Å²) in [7, 11) is 0. The van der Waals surface area contributed by atoms with E-state index in [1.54, 1.807) is 30.3 Å². The van der Waals surface area contributed by atoms with Crippen LogP contribution < -0.4 is 10.2 Å². The van der Waals surface area contributed by atoms with Gasteiger partial charge in [0.05, 0.1) is 16.3 Å². The summed E-state index contributed by atoms with van der Waals surface area (Å²) in [4.78, 5) is 26.6. The van der Waals surface area contributed by atoms with E-state index in [2.05, 4.69) is 5.32 Å². The minimum absolute atomic E-state index is 0.0365. The minimum Gasteiger partial charge on any atom is -0.321 e. The van der Waals surface area contributed by atoms with Crippen molar-refractivity contribution >= 4 is 46.3 Å². The lowest BCUT2D eigenvalue weighted by Crippen LogP contribution is -2.28. The molecule has 1 N–H and O–H groups in total. The fraction of sp³-hybridized carbons (Fsp3) is 0.100. The SMILES string of the molecule is O=C(Nc1cccc(C2SCC(=O)N2c2ccc(F)cc2F)c1)c1cccs1. The summed E-state index contributed by atoms with van der Waals surface area (Å²) in [6, 6.07) is 13.8. The van der Waals surface area contributed by atoms with Crippen molar-refractivity contribution in [2.24, 2.45) is 0 Å². The number of carbonyl (C=O) groups excluding carboxylic acids is 2. The van der Waals surface area contributed by atoms with Gasteiger partial charge in [0, 0.05) is 11.8 Å². The lowest BCUT2D eigenvalue weighted by atomic mass is 10.1. The molecule has 0 radical (unpaired) electrons. The molecular formula is C20H14F2N2O2S2. The first-order valence-electron chi connectivity index (χ1n) is 8.36. The third kappa shape index (κ3) is 3.65. The summed E-state index contributed by atoms with van der Waals surface area (Å²) in [6.07, 6.45) is 0. The second kappa shape index (κ2) is 7.73. The first-order valence-corrected chi connectivity index (χ1v) is 10.3. The number of nitrogens with zero attached hydrogens (tertiary/aromatic N) is 1. The molecule has 2 amide bonds. The molecule has 1 fully saturated rings. The Hall–Kier alpha value is -2.71. The number of rotatable bonds is 4. The lowest BCUT2D eigenvalue weighted by Gasteiger charge is -2.25. The fourth-order valence-electron chi connectivity index (χ4n) is 2.98. The highest BCUT2D eigenvalue weighted by Crippen LogP contribution is 2.43. The van der Waals surface area contributed by atoms with E-state index in [1.165, 1.54) is 34.1 Å². The number of nitrogens with one attached hydrogen (secondary N) is 1. The summed E-state index contributed by atoms with van der Waals surface area (Å²) in [5.74, 6) is -1.77. The van der Waals surface area contributed by atoms with Gasteiger partial charge < -0.3 is 5.32 Å². The molecule has 0 saturated carbocycles. The maximum Gasteiger partial charge on any atom is 0.265 e. The van der Waals surface area contributed by atoms with Crippen molar-refractivity contribution in [3.8, 4) is 0 Å². The van der Waals surface area contributed by atoms with Crippen LogP contribution in [0.2, 0.25) is 0 Å². The first kappa shape index (κ1) is 18.6. The molecule has 8 heteroatoms. The van der Waals surface area contributed by atoms with Crippen LogP contribution in [0.25, 0.3) is 0 Å². The van der Waals surface area contributed by atoms with Crippen LogP contribution in [0.1, 0.15) is 20.6 Å². The van der Waals surface area contributed by atoms with Gasteiger partial charge in [-0.15, -0.1) is 23.1 Å². The van der Waals surface area contributed by atoms with E-state index in [0.717, 1.165) is 17.7 Å². The molecule has 1 aromatic heterocycles. The summed E-state index contributed by atoms with van der Waals surface area (Å²) in [5.41, 5.74) is 1.35. The second-order valence-corrected chi connectivity index (χ2v) is 8.10. The molecule has 1 aliphatic heterocycles. The number of halogens is 2. The average Bonchev–Trinajstić information content (AvgIpc) is 3.32. The molecule has 4 nitrogen and oxygen atoms in total. The number of benzene rings is 2. The van der Waals surface area contributed by atoms with Crippen molar-refractivity contribution in [2.45, 2.75) is 5.37 Å². The van der Waals surface area contributed by atoms with Gasteiger partial charge in [0.25, 0.3) is 5.91 Å². The van der Waals surface area contributed by atoms with Gasteiger partial charge in [0.1, 0.15) is 17.0 Å². The average molecular weight is 416 g/mol. The van der Waals surface area contributed by atoms with Crippen LogP contribution in [0, 0.1) is 11.6 Å². The Morgan fingerprint density at radius 2 is 1.96 bits per heavy atom. The van der Waals surface area contributed by atoms with E-state index in [1.807, 2.05) is 11.4 Å². The normalized spacial score (nSPS) is 16.4. The summed E-state index contributed by atoms with van der Waals surface area (Å²) >= 11 is 2.69. The number of thiophene rings is 1. The largest absolute Gasteiger partial charge is 0.321 e. The van der Waals surface area contributed by atoms with E-state index in [0.29, 0.717) is 10.6 Å². The molecule has 1 atom stereocenters. The number of hydrogen-bond donors (Lipinski definition) is 1. The highest BCUT2D eigenvalue weighted by atomic mass is 32.2. The van der Waals surface area contributed by atoms with Crippen molar-refractivity contribution in [3.63, 3.8) is 0 Å². The minimum atomic E-state index is -0.789. The van der Waals surface area contributed by atoms with Crippen molar-refractivity contribution in [2.75, 3.05) is 16.0 Å².